The molecule has 2 aromatic rings. The predicted molar refractivity (Wildman–Crippen MR) is 62.5 cm³/mol. The van der Waals surface area contributed by atoms with Gasteiger partial charge in [0.15, 0.2) is 11.5 Å². The molecule has 88 valence electrons. The first-order chi connectivity index (χ1) is 8.34. The van der Waals surface area contributed by atoms with Crippen molar-refractivity contribution in [3.63, 3.8) is 0 Å². The van der Waals surface area contributed by atoms with Crippen molar-refractivity contribution in [3.05, 3.63) is 34.7 Å². The Hall–Kier alpha value is -2.17. The van der Waals surface area contributed by atoms with Crippen molar-refractivity contribution in [3.8, 4) is 22.6 Å². The largest absolute Gasteiger partial charge is 0.490 e. The van der Waals surface area contributed by atoms with E-state index >= 15 is 0 Å². The van der Waals surface area contributed by atoms with Gasteiger partial charge in [-0.3, -0.25) is 9.89 Å². The first-order valence-corrected chi connectivity index (χ1v) is 5.51. The van der Waals surface area contributed by atoms with Gasteiger partial charge >= 0.3 is 0 Å². The van der Waals surface area contributed by atoms with Crippen LogP contribution in [0.15, 0.2) is 29.2 Å². The second kappa shape index (κ2) is 4.01. The lowest BCUT2D eigenvalue weighted by Crippen LogP contribution is -2.01. The summed E-state index contributed by atoms with van der Waals surface area (Å²) >= 11 is 0. The quantitative estimate of drug-likeness (QED) is 0.783. The van der Waals surface area contributed by atoms with E-state index in [9.17, 15) is 4.79 Å². The van der Waals surface area contributed by atoms with Crippen LogP contribution in [0.25, 0.3) is 11.1 Å². The number of benzene rings is 1. The number of ether oxygens (including phenoxy) is 2. The maximum atomic E-state index is 11.5. The highest BCUT2D eigenvalue weighted by molar-refractivity contribution is 5.65. The fourth-order valence-electron chi connectivity index (χ4n) is 1.85. The van der Waals surface area contributed by atoms with Crippen LogP contribution in [-0.2, 0) is 0 Å². The van der Waals surface area contributed by atoms with E-state index in [0.717, 1.165) is 17.7 Å². The normalized spacial score (nSPS) is 14.4. The van der Waals surface area contributed by atoms with Crippen molar-refractivity contribution in [2.45, 2.75) is 6.42 Å². The molecule has 0 bridgehead atoms. The lowest BCUT2D eigenvalue weighted by Gasteiger charge is -2.07. The van der Waals surface area contributed by atoms with Gasteiger partial charge in [0, 0.05) is 12.6 Å². The summed E-state index contributed by atoms with van der Waals surface area (Å²) in [7, 11) is 0. The van der Waals surface area contributed by atoms with Gasteiger partial charge in [0.2, 0.25) is 0 Å². The molecule has 2 N–H and O–H groups in total. The minimum Gasteiger partial charge on any atom is -0.490 e. The summed E-state index contributed by atoms with van der Waals surface area (Å²) < 4.78 is 11.1. The summed E-state index contributed by atoms with van der Waals surface area (Å²) in [6, 6.07) is 5.52. The van der Waals surface area contributed by atoms with E-state index in [1.807, 2.05) is 18.2 Å². The molecule has 0 amide bonds. The van der Waals surface area contributed by atoms with Gasteiger partial charge in [-0.25, -0.2) is 0 Å². The van der Waals surface area contributed by atoms with Gasteiger partial charge in [0.25, 0.3) is 5.56 Å². The van der Waals surface area contributed by atoms with E-state index in [4.69, 9.17) is 9.47 Å². The molecule has 0 atom stereocenters. The monoisotopic (exact) mass is 232 g/mol. The molecule has 1 aliphatic heterocycles. The molecule has 1 aliphatic rings. The number of H-pyrrole nitrogens is 2. The molecule has 5 nitrogen and oxygen atoms in total. The van der Waals surface area contributed by atoms with Crippen molar-refractivity contribution in [1.82, 2.24) is 10.2 Å². The second-order valence-corrected chi connectivity index (χ2v) is 3.87. The average Bonchev–Trinajstić information content (AvgIpc) is 2.64. The van der Waals surface area contributed by atoms with Gasteiger partial charge in [-0.1, -0.05) is 6.07 Å². The maximum Gasteiger partial charge on any atom is 0.271 e. The van der Waals surface area contributed by atoms with Gasteiger partial charge in [-0.15, -0.1) is 0 Å². The van der Waals surface area contributed by atoms with Gasteiger partial charge in [-0.05, 0) is 17.7 Å². The molecule has 0 saturated carbocycles. The van der Waals surface area contributed by atoms with Crippen molar-refractivity contribution in [2.24, 2.45) is 0 Å². The van der Waals surface area contributed by atoms with E-state index in [1.165, 1.54) is 0 Å². The van der Waals surface area contributed by atoms with Gasteiger partial charge in [-0.2, -0.15) is 0 Å². The summed E-state index contributed by atoms with van der Waals surface area (Å²) in [5.74, 6) is 1.43. The van der Waals surface area contributed by atoms with Crippen LogP contribution in [0, 0.1) is 0 Å². The number of hydrogen-bond acceptors (Lipinski definition) is 3. The van der Waals surface area contributed by atoms with Crippen molar-refractivity contribution in [2.75, 3.05) is 13.2 Å². The molecule has 0 spiro atoms. The van der Waals surface area contributed by atoms with E-state index < -0.39 is 0 Å². The lowest BCUT2D eigenvalue weighted by atomic mass is 10.1. The molecule has 0 unspecified atom stereocenters. The van der Waals surface area contributed by atoms with E-state index in [2.05, 4.69) is 10.2 Å². The molecule has 0 fully saturated rings. The molecular weight excluding hydrogens is 220 g/mol. The average molecular weight is 232 g/mol. The van der Waals surface area contributed by atoms with Crippen LogP contribution < -0.4 is 15.0 Å². The Morgan fingerprint density at radius 3 is 2.71 bits per heavy atom. The van der Waals surface area contributed by atoms with Crippen LogP contribution in [0.3, 0.4) is 0 Å². The van der Waals surface area contributed by atoms with Gasteiger partial charge < -0.3 is 14.6 Å². The SMILES string of the molecule is O=c1[nH][nH]cc1-c1ccc2c(c1)OCCCO2. The highest BCUT2D eigenvalue weighted by atomic mass is 16.5. The Morgan fingerprint density at radius 2 is 1.94 bits per heavy atom. The summed E-state index contributed by atoms with van der Waals surface area (Å²) in [5.41, 5.74) is 1.27. The third-order valence-electron chi connectivity index (χ3n) is 2.71. The molecule has 1 aromatic heterocycles. The van der Waals surface area contributed by atoms with Crippen molar-refractivity contribution < 1.29 is 9.47 Å². The third-order valence-corrected chi connectivity index (χ3v) is 2.71. The molecule has 0 aliphatic carbocycles. The van der Waals surface area contributed by atoms with Gasteiger partial charge in [0.1, 0.15) is 0 Å². The Balaban J connectivity index is 2.06. The van der Waals surface area contributed by atoms with E-state index in [1.54, 1.807) is 6.20 Å². The number of aromatic nitrogens is 2. The molecular formula is C12H12N2O3. The zero-order chi connectivity index (χ0) is 11.7. The van der Waals surface area contributed by atoms with E-state index in [-0.39, 0.29) is 5.56 Å². The summed E-state index contributed by atoms with van der Waals surface area (Å²) in [5, 5.41) is 5.19. The Labute approximate surface area is 97.4 Å². The van der Waals surface area contributed by atoms with Crippen LogP contribution >= 0.6 is 0 Å². The molecule has 1 aromatic carbocycles. The van der Waals surface area contributed by atoms with Crippen LogP contribution in [0.5, 0.6) is 11.5 Å². The van der Waals surface area contributed by atoms with Gasteiger partial charge in [0.05, 0.1) is 18.8 Å². The zero-order valence-electron chi connectivity index (χ0n) is 9.16. The topological polar surface area (TPSA) is 67.1 Å². The third kappa shape index (κ3) is 1.80. The standard InChI is InChI=1S/C12H12N2O3/c15-12-9(7-13-14-12)8-2-3-10-11(6-8)17-5-1-4-16-10/h2-3,6-7H,1,4-5H2,(H2,13,14,15). The maximum absolute atomic E-state index is 11.5. The molecule has 17 heavy (non-hydrogen) atoms. The molecule has 2 heterocycles. The lowest BCUT2D eigenvalue weighted by molar-refractivity contribution is 0.297. The Kier molecular flexibility index (Phi) is 2.36. The van der Waals surface area contributed by atoms with E-state index in [0.29, 0.717) is 24.5 Å². The second-order valence-electron chi connectivity index (χ2n) is 3.87. The minimum absolute atomic E-state index is 0.139. The van der Waals surface area contributed by atoms with Crippen LogP contribution in [-0.4, -0.2) is 23.4 Å². The number of aromatic amines is 2. The summed E-state index contributed by atoms with van der Waals surface area (Å²) in [6.45, 7) is 1.30. The number of nitrogens with one attached hydrogen (secondary N) is 2. The molecule has 0 saturated heterocycles. The predicted octanol–water partition coefficient (Wildman–Crippen LogP) is 1.53. The van der Waals surface area contributed by atoms with Crippen LogP contribution in [0.1, 0.15) is 6.42 Å². The fraction of sp³-hybridized carbons (Fsp3) is 0.250. The minimum atomic E-state index is -0.139. The highest BCUT2D eigenvalue weighted by Gasteiger charge is 2.12. The van der Waals surface area contributed by atoms with Crippen molar-refractivity contribution in [1.29, 1.82) is 0 Å². The van der Waals surface area contributed by atoms with Crippen LogP contribution in [0.4, 0.5) is 0 Å². The number of fused-ring (bicyclic) bond motifs is 1. The molecule has 5 heteroatoms. The Morgan fingerprint density at radius 1 is 1.12 bits per heavy atom. The smallest absolute Gasteiger partial charge is 0.271 e. The fourth-order valence-corrected chi connectivity index (χ4v) is 1.85. The molecule has 3 rings (SSSR count). The first-order valence-electron chi connectivity index (χ1n) is 5.51. The molecule has 0 radical (unpaired) electrons. The summed E-state index contributed by atoms with van der Waals surface area (Å²) in [4.78, 5) is 11.5. The van der Waals surface area contributed by atoms with Crippen LogP contribution in [0.2, 0.25) is 0 Å². The first kappa shape index (κ1) is 10.0. The number of rotatable bonds is 1. The highest BCUT2D eigenvalue weighted by Crippen LogP contribution is 2.33. The summed E-state index contributed by atoms with van der Waals surface area (Å²) in [6.07, 6.45) is 2.51. The Bertz CT molecular complexity index is 585. The van der Waals surface area contributed by atoms with Crippen molar-refractivity contribution >= 4 is 0 Å². The zero-order valence-corrected chi connectivity index (χ0v) is 9.16. The number of hydrogen-bond donors (Lipinski definition) is 2.